The Morgan fingerprint density at radius 1 is 1.50 bits per heavy atom. The van der Waals surface area contributed by atoms with E-state index in [1.54, 1.807) is 13.0 Å². The van der Waals surface area contributed by atoms with E-state index in [1.807, 2.05) is 0 Å². The molecular formula is C12H16ClNO4. The van der Waals surface area contributed by atoms with Crippen LogP contribution in [0, 0.1) is 0 Å². The van der Waals surface area contributed by atoms with Crippen LogP contribution in [0.2, 0.25) is 5.02 Å². The molecule has 0 saturated heterocycles. The van der Waals surface area contributed by atoms with Crippen LogP contribution in [0.5, 0.6) is 11.5 Å². The van der Waals surface area contributed by atoms with Gasteiger partial charge in [-0.3, -0.25) is 4.79 Å². The number of nitrogens with one attached hydrogen (secondary N) is 1. The summed E-state index contributed by atoms with van der Waals surface area (Å²) in [6.07, 6.45) is 0. The van der Waals surface area contributed by atoms with Gasteiger partial charge in [-0.25, -0.2) is 0 Å². The smallest absolute Gasteiger partial charge is 0.322 e. The van der Waals surface area contributed by atoms with E-state index in [9.17, 15) is 9.90 Å². The molecule has 1 rings (SSSR count). The Hall–Kier alpha value is -1.46. The second-order valence-electron chi connectivity index (χ2n) is 3.74. The Morgan fingerprint density at radius 2 is 2.17 bits per heavy atom. The minimum atomic E-state index is -0.473. The third kappa shape index (κ3) is 3.51. The highest BCUT2D eigenvalue weighted by molar-refractivity contribution is 6.30. The standard InChI is InChI=1S/C12H16ClNO4/c1-7(12(16)18-3)14-6-8-4-9(13)5-10(17-2)11(8)15/h4-5,7,14-15H,6H2,1-3H3/t7-/m0/s1. The summed E-state index contributed by atoms with van der Waals surface area (Å²) in [5, 5.41) is 13.3. The Balaban J connectivity index is 2.79. The van der Waals surface area contributed by atoms with E-state index in [0.717, 1.165) is 0 Å². The Morgan fingerprint density at radius 3 is 2.72 bits per heavy atom. The van der Waals surface area contributed by atoms with Crippen LogP contribution in [0.15, 0.2) is 12.1 Å². The number of carbonyl (C=O) groups is 1. The number of phenols is 1. The minimum absolute atomic E-state index is 0.00599. The fourth-order valence-corrected chi connectivity index (χ4v) is 1.67. The highest BCUT2D eigenvalue weighted by Crippen LogP contribution is 2.33. The number of esters is 1. The number of rotatable bonds is 5. The summed E-state index contributed by atoms with van der Waals surface area (Å²) in [5.41, 5.74) is 0.551. The van der Waals surface area contributed by atoms with Gasteiger partial charge in [0.1, 0.15) is 6.04 Å². The number of aromatic hydroxyl groups is 1. The van der Waals surface area contributed by atoms with Crippen LogP contribution in [-0.4, -0.2) is 31.3 Å². The average molecular weight is 274 g/mol. The molecule has 0 amide bonds. The predicted octanol–water partition coefficient (Wildman–Crippen LogP) is 1.71. The van der Waals surface area contributed by atoms with E-state index in [0.29, 0.717) is 16.3 Å². The normalized spacial score (nSPS) is 12.0. The van der Waals surface area contributed by atoms with Gasteiger partial charge in [-0.2, -0.15) is 0 Å². The highest BCUT2D eigenvalue weighted by Gasteiger charge is 2.15. The molecule has 1 aromatic carbocycles. The fraction of sp³-hybridized carbons (Fsp3) is 0.417. The molecule has 5 nitrogen and oxygen atoms in total. The zero-order valence-corrected chi connectivity index (χ0v) is 11.2. The zero-order chi connectivity index (χ0) is 13.7. The van der Waals surface area contributed by atoms with Gasteiger partial charge in [-0.05, 0) is 13.0 Å². The van der Waals surface area contributed by atoms with Crippen molar-refractivity contribution in [3.8, 4) is 11.5 Å². The first-order chi connectivity index (χ1) is 8.49. The summed E-state index contributed by atoms with van der Waals surface area (Å²) in [6, 6.07) is 2.65. The first-order valence-corrected chi connectivity index (χ1v) is 5.74. The van der Waals surface area contributed by atoms with Gasteiger partial charge in [0.2, 0.25) is 0 Å². The molecule has 1 atom stereocenters. The molecule has 100 valence electrons. The number of hydrogen-bond acceptors (Lipinski definition) is 5. The van der Waals surface area contributed by atoms with Crippen molar-refractivity contribution in [2.24, 2.45) is 0 Å². The number of ether oxygens (including phenoxy) is 2. The maximum atomic E-state index is 11.2. The van der Waals surface area contributed by atoms with Gasteiger partial charge < -0.3 is 19.9 Å². The van der Waals surface area contributed by atoms with Crippen LogP contribution in [-0.2, 0) is 16.1 Å². The molecule has 0 aliphatic rings. The Bertz CT molecular complexity index is 436. The van der Waals surface area contributed by atoms with Crippen molar-refractivity contribution in [3.05, 3.63) is 22.7 Å². The van der Waals surface area contributed by atoms with E-state index in [2.05, 4.69) is 10.1 Å². The fourth-order valence-electron chi connectivity index (χ4n) is 1.44. The van der Waals surface area contributed by atoms with Crippen LogP contribution >= 0.6 is 11.6 Å². The van der Waals surface area contributed by atoms with Crippen molar-refractivity contribution in [2.75, 3.05) is 14.2 Å². The zero-order valence-electron chi connectivity index (χ0n) is 10.5. The predicted molar refractivity (Wildman–Crippen MR) is 68.0 cm³/mol. The van der Waals surface area contributed by atoms with Crippen molar-refractivity contribution >= 4 is 17.6 Å². The molecule has 2 N–H and O–H groups in total. The lowest BCUT2D eigenvalue weighted by molar-refractivity contribution is -0.142. The van der Waals surface area contributed by atoms with E-state index >= 15 is 0 Å². The third-order valence-corrected chi connectivity index (χ3v) is 2.71. The lowest BCUT2D eigenvalue weighted by atomic mass is 10.1. The van der Waals surface area contributed by atoms with Gasteiger partial charge in [0.25, 0.3) is 0 Å². The Kier molecular flexibility index (Phi) is 5.25. The molecule has 0 radical (unpaired) electrons. The van der Waals surface area contributed by atoms with Gasteiger partial charge in [0, 0.05) is 23.2 Å². The van der Waals surface area contributed by atoms with Crippen LogP contribution in [0.1, 0.15) is 12.5 Å². The van der Waals surface area contributed by atoms with Gasteiger partial charge >= 0.3 is 5.97 Å². The summed E-state index contributed by atoms with van der Waals surface area (Å²) < 4.78 is 9.57. The summed E-state index contributed by atoms with van der Waals surface area (Å²) in [6.45, 7) is 1.95. The molecule has 6 heteroatoms. The van der Waals surface area contributed by atoms with Crippen molar-refractivity contribution < 1.29 is 19.4 Å². The monoisotopic (exact) mass is 273 g/mol. The van der Waals surface area contributed by atoms with Gasteiger partial charge in [-0.1, -0.05) is 11.6 Å². The first kappa shape index (κ1) is 14.6. The highest BCUT2D eigenvalue weighted by atomic mass is 35.5. The molecule has 0 aliphatic carbocycles. The number of phenolic OH excluding ortho intramolecular Hbond substituents is 1. The van der Waals surface area contributed by atoms with E-state index < -0.39 is 6.04 Å². The summed E-state index contributed by atoms with van der Waals surface area (Å²) in [4.78, 5) is 11.2. The van der Waals surface area contributed by atoms with Gasteiger partial charge in [-0.15, -0.1) is 0 Å². The molecule has 0 bridgehead atoms. The second-order valence-corrected chi connectivity index (χ2v) is 4.18. The molecule has 18 heavy (non-hydrogen) atoms. The quantitative estimate of drug-likeness (QED) is 0.800. The van der Waals surface area contributed by atoms with Crippen molar-refractivity contribution in [3.63, 3.8) is 0 Å². The number of halogens is 1. The summed E-state index contributed by atoms with van der Waals surface area (Å²) >= 11 is 5.90. The molecule has 0 heterocycles. The number of methoxy groups -OCH3 is 2. The maximum Gasteiger partial charge on any atom is 0.322 e. The largest absolute Gasteiger partial charge is 0.504 e. The lowest BCUT2D eigenvalue weighted by Gasteiger charge is -2.14. The van der Waals surface area contributed by atoms with Crippen LogP contribution < -0.4 is 10.1 Å². The molecule has 0 aromatic heterocycles. The third-order valence-electron chi connectivity index (χ3n) is 2.49. The van der Waals surface area contributed by atoms with Crippen LogP contribution in [0.3, 0.4) is 0 Å². The summed E-state index contributed by atoms with van der Waals surface area (Å²) in [5.74, 6) is -0.0695. The SMILES string of the molecule is COC(=O)[C@H](C)NCc1cc(Cl)cc(OC)c1O. The molecule has 0 saturated carbocycles. The topological polar surface area (TPSA) is 67.8 Å². The number of carbonyl (C=O) groups excluding carboxylic acids is 1. The van der Waals surface area contributed by atoms with E-state index in [1.165, 1.54) is 20.3 Å². The first-order valence-electron chi connectivity index (χ1n) is 5.36. The van der Waals surface area contributed by atoms with E-state index in [-0.39, 0.29) is 18.3 Å². The minimum Gasteiger partial charge on any atom is -0.504 e. The molecular weight excluding hydrogens is 258 g/mol. The molecule has 0 spiro atoms. The maximum absolute atomic E-state index is 11.2. The lowest BCUT2D eigenvalue weighted by Crippen LogP contribution is -2.34. The van der Waals surface area contributed by atoms with Crippen molar-refractivity contribution in [2.45, 2.75) is 19.5 Å². The Labute approximate surface area is 111 Å². The van der Waals surface area contributed by atoms with Crippen LogP contribution in [0.4, 0.5) is 0 Å². The van der Waals surface area contributed by atoms with Crippen LogP contribution in [0.25, 0.3) is 0 Å². The molecule has 1 aromatic rings. The van der Waals surface area contributed by atoms with E-state index in [4.69, 9.17) is 16.3 Å². The summed E-state index contributed by atoms with van der Waals surface area (Å²) in [7, 11) is 2.76. The molecule has 0 fully saturated rings. The van der Waals surface area contributed by atoms with Gasteiger partial charge in [0.05, 0.1) is 14.2 Å². The second kappa shape index (κ2) is 6.47. The van der Waals surface area contributed by atoms with Gasteiger partial charge in [0.15, 0.2) is 11.5 Å². The average Bonchev–Trinajstić information content (AvgIpc) is 2.37. The molecule has 0 unspecified atom stereocenters. The number of benzene rings is 1. The van der Waals surface area contributed by atoms with Crippen molar-refractivity contribution in [1.82, 2.24) is 5.32 Å². The number of hydrogen-bond donors (Lipinski definition) is 2. The molecule has 0 aliphatic heterocycles. The van der Waals surface area contributed by atoms with Crippen molar-refractivity contribution in [1.29, 1.82) is 0 Å².